The van der Waals surface area contributed by atoms with Gasteiger partial charge >= 0.3 is 6.85 Å². The molecule has 1 aromatic carbocycles. The molecular weight excluding hydrogens is 299 g/mol. The zero-order chi connectivity index (χ0) is 15.8. The summed E-state index contributed by atoms with van der Waals surface area (Å²) in [5, 5.41) is 4.46. The van der Waals surface area contributed by atoms with Crippen molar-refractivity contribution in [3.8, 4) is 5.75 Å². The van der Waals surface area contributed by atoms with Crippen molar-refractivity contribution in [2.75, 3.05) is 7.05 Å². The van der Waals surface area contributed by atoms with Crippen molar-refractivity contribution >= 4 is 24.9 Å². The van der Waals surface area contributed by atoms with Crippen LogP contribution in [0.15, 0.2) is 29.4 Å². The molecule has 3 nitrogen and oxygen atoms in total. The maximum absolute atomic E-state index is 5.76. The van der Waals surface area contributed by atoms with Crippen molar-refractivity contribution < 1.29 is 4.74 Å². The van der Waals surface area contributed by atoms with E-state index in [-0.39, 0.29) is 6.10 Å². The van der Waals surface area contributed by atoms with Crippen molar-refractivity contribution in [1.29, 1.82) is 0 Å². The van der Waals surface area contributed by atoms with E-state index in [1.165, 1.54) is 0 Å². The molecule has 0 bridgehead atoms. The van der Waals surface area contributed by atoms with Gasteiger partial charge in [0.25, 0.3) is 0 Å². The zero-order valence-electron chi connectivity index (χ0n) is 13.6. The molecule has 0 spiro atoms. The Labute approximate surface area is 134 Å². The maximum Gasteiger partial charge on any atom is 0.313 e. The van der Waals surface area contributed by atoms with E-state index < -0.39 is 6.85 Å². The lowest BCUT2D eigenvalue weighted by Gasteiger charge is -2.12. The van der Waals surface area contributed by atoms with Crippen LogP contribution in [0.1, 0.15) is 46.1 Å². The summed E-state index contributed by atoms with van der Waals surface area (Å²) in [6, 6.07) is 8.01. The minimum atomic E-state index is -0.626. The Bertz CT molecular complexity index is 476. The monoisotopic (exact) mass is 325 g/mol. The third-order valence-electron chi connectivity index (χ3n) is 3.42. The van der Waals surface area contributed by atoms with Crippen molar-refractivity contribution in [3.63, 3.8) is 0 Å². The van der Waals surface area contributed by atoms with Gasteiger partial charge in [-0.05, 0) is 56.5 Å². The highest BCUT2D eigenvalue weighted by molar-refractivity contribution is 8.04. The van der Waals surface area contributed by atoms with Crippen LogP contribution in [0.2, 0.25) is 0 Å². The summed E-state index contributed by atoms with van der Waals surface area (Å²) in [5.74, 6) is 0.903. The third-order valence-corrected chi connectivity index (χ3v) is 7.00. The molecule has 1 aromatic rings. The number of ether oxygens (including phenoxy) is 1. The first kappa shape index (κ1) is 18.1. The van der Waals surface area contributed by atoms with E-state index in [0.29, 0.717) is 5.66 Å². The second kappa shape index (κ2) is 9.11. The average molecular weight is 325 g/mol. The Hall–Kier alpha value is -0.990. The molecule has 5 heteroatoms. The van der Waals surface area contributed by atoms with Crippen molar-refractivity contribution in [1.82, 2.24) is 4.78 Å². The van der Waals surface area contributed by atoms with E-state index in [4.69, 9.17) is 16.5 Å². The Morgan fingerprint density at radius 2 is 1.86 bits per heavy atom. The number of nitrogens with zero attached hydrogens (tertiary/aromatic N) is 2. The molecular formula is C16H26N2OPS+. The number of hydrazone groups is 1. The first-order chi connectivity index (χ1) is 9.97. The predicted octanol–water partition coefficient (Wildman–Crippen LogP) is 4.79. The summed E-state index contributed by atoms with van der Waals surface area (Å²) in [5.41, 5.74) is 1.57. The van der Waals surface area contributed by atoms with E-state index in [2.05, 4.69) is 32.8 Å². The summed E-state index contributed by atoms with van der Waals surface area (Å²) in [7, 11) is 1.96. The molecule has 0 saturated heterocycles. The van der Waals surface area contributed by atoms with Crippen LogP contribution < -0.4 is 4.74 Å². The van der Waals surface area contributed by atoms with Gasteiger partial charge in [0.1, 0.15) is 5.75 Å². The minimum Gasteiger partial charge on any atom is -0.491 e. The van der Waals surface area contributed by atoms with Crippen LogP contribution in [-0.4, -0.2) is 29.8 Å². The maximum atomic E-state index is 5.76. The summed E-state index contributed by atoms with van der Waals surface area (Å²) >= 11 is 5.54. The fraction of sp³-hybridized carbons (Fsp3) is 0.562. The SMILES string of the molecule is CCC(C)Oc1ccc(/C=N/N(C)[P+](=S)C(C)CC)cc1. The number of hydrogen-bond donors (Lipinski definition) is 0. The summed E-state index contributed by atoms with van der Waals surface area (Å²) in [4.78, 5) is 0. The van der Waals surface area contributed by atoms with Gasteiger partial charge in [-0.3, -0.25) is 0 Å². The highest BCUT2D eigenvalue weighted by Gasteiger charge is 2.23. The molecule has 0 N–H and O–H groups in total. The van der Waals surface area contributed by atoms with E-state index in [1.54, 1.807) is 0 Å². The first-order valence-corrected chi connectivity index (χ1v) is 9.86. The minimum absolute atomic E-state index is 0.245. The molecule has 21 heavy (non-hydrogen) atoms. The molecule has 116 valence electrons. The average Bonchev–Trinajstić information content (AvgIpc) is 2.52. The molecule has 0 amide bonds. The lowest BCUT2D eigenvalue weighted by atomic mass is 10.2. The second-order valence-electron chi connectivity index (χ2n) is 5.20. The van der Waals surface area contributed by atoms with Gasteiger partial charge in [-0.2, -0.15) is 0 Å². The third kappa shape index (κ3) is 6.11. The molecule has 0 saturated carbocycles. The Balaban J connectivity index is 2.62. The van der Waals surface area contributed by atoms with E-state index >= 15 is 0 Å². The Morgan fingerprint density at radius 1 is 1.24 bits per heavy atom. The topological polar surface area (TPSA) is 24.8 Å². The number of benzene rings is 1. The zero-order valence-corrected chi connectivity index (χ0v) is 15.3. The van der Waals surface area contributed by atoms with Crippen LogP contribution in [0.4, 0.5) is 0 Å². The highest BCUT2D eigenvalue weighted by Crippen LogP contribution is 2.33. The van der Waals surface area contributed by atoms with E-state index in [0.717, 1.165) is 24.2 Å². The van der Waals surface area contributed by atoms with Crippen LogP contribution in [-0.2, 0) is 11.8 Å². The molecule has 0 radical (unpaired) electrons. The van der Waals surface area contributed by atoms with E-state index in [1.807, 2.05) is 42.3 Å². The normalized spacial score (nSPS) is 14.8. The fourth-order valence-corrected chi connectivity index (χ4v) is 3.20. The molecule has 3 atom stereocenters. The van der Waals surface area contributed by atoms with Crippen LogP contribution in [0.3, 0.4) is 0 Å². The van der Waals surface area contributed by atoms with Gasteiger partial charge in [0.05, 0.1) is 19.4 Å². The van der Waals surface area contributed by atoms with Crippen LogP contribution >= 0.6 is 6.85 Å². The first-order valence-electron chi connectivity index (χ1n) is 7.48. The summed E-state index contributed by atoms with van der Waals surface area (Å²) in [6.45, 7) is 7.92. The molecule has 3 unspecified atom stereocenters. The quantitative estimate of drug-likeness (QED) is 0.390. The van der Waals surface area contributed by atoms with Crippen LogP contribution in [0, 0.1) is 0 Å². The van der Waals surface area contributed by atoms with E-state index in [9.17, 15) is 0 Å². The largest absolute Gasteiger partial charge is 0.491 e. The molecule has 0 fully saturated rings. The van der Waals surface area contributed by atoms with Gasteiger partial charge in [0.15, 0.2) is 17.5 Å². The van der Waals surface area contributed by atoms with Crippen LogP contribution in [0.25, 0.3) is 0 Å². The fourth-order valence-electron chi connectivity index (χ4n) is 1.59. The molecule has 0 aliphatic carbocycles. The Morgan fingerprint density at radius 3 is 2.38 bits per heavy atom. The van der Waals surface area contributed by atoms with Gasteiger partial charge in [-0.25, -0.2) is 0 Å². The molecule has 0 heterocycles. The van der Waals surface area contributed by atoms with Gasteiger partial charge in [-0.15, -0.1) is 9.88 Å². The second-order valence-corrected chi connectivity index (χ2v) is 8.39. The summed E-state index contributed by atoms with van der Waals surface area (Å²) in [6.07, 6.45) is 4.20. The Kier molecular flexibility index (Phi) is 7.84. The standard InChI is InChI=1S/C16H26N2OPS/c1-6-13(3)19-16-10-8-15(9-11-16)12-17-18(5)20(21)14(4)7-2/h8-14H,6-7H2,1-5H3/q+1/b17-12+. The molecule has 0 aliphatic heterocycles. The highest BCUT2D eigenvalue weighted by atomic mass is 32.4. The van der Waals surface area contributed by atoms with Crippen molar-refractivity contribution in [2.24, 2.45) is 5.10 Å². The van der Waals surface area contributed by atoms with Gasteiger partial charge in [0, 0.05) is 0 Å². The van der Waals surface area contributed by atoms with Crippen molar-refractivity contribution in [2.45, 2.75) is 52.3 Å². The lowest BCUT2D eigenvalue weighted by Crippen LogP contribution is -2.09. The van der Waals surface area contributed by atoms with Gasteiger partial charge < -0.3 is 4.74 Å². The summed E-state index contributed by atoms with van der Waals surface area (Å²) < 4.78 is 7.68. The molecule has 0 aliphatic rings. The molecule has 0 aromatic heterocycles. The molecule has 1 rings (SSSR count). The smallest absolute Gasteiger partial charge is 0.313 e. The van der Waals surface area contributed by atoms with Gasteiger partial charge in [0.2, 0.25) is 0 Å². The van der Waals surface area contributed by atoms with Crippen LogP contribution in [0.5, 0.6) is 5.75 Å². The number of rotatable bonds is 8. The number of hydrogen-bond acceptors (Lipinski definition) is 3. The predicted molar refractivity (Wildman–Crippen MR) is 96.2 cm³/mol. The van der Waals surface area contributed by atoms with Gasteiger partial charge in [-0.1, -0.05) is 13.8 Å². The lowest BCUT2D eigenvalue weighted by molar-refractivity contribution is 0.217. The van der Waals surface area contributed by atoms with Crippen molar-refractivity contribution in [3.05, 3.63) is 29.8 Å².